The van der Waals surface area contributed by atoms with Gasteiger partial charge < -0.3 is 25.5 Å². The molecule has 2 atom stereocenters. The molecule has 7 nitrogen and oxygen atoms in total. The molecule has 0 aliphatic carbocycles. The topological polar surface area (TPSA) is 84.9 Å². The number of piperidine rings is 1. The van der Waals surface area contributed by atoms with Crippen LogP contribution in [0.25, 0.3) is 0 Å². The number of nitrogens with one attached hydrogen (secondary N) is 2. The fourth-order valence-corrected chi connectivity index (χ4v) is 3.36. The third-order valence-electron chi connectivity index (χ3n) is 4.51. The van der Waals surface area contributed by atoms with Crippen molar-refractivity contribution in [2.24, 2.45) is 0 Å². The Balaban J connectivity index is 1.51. The lowest BCUT2D eigenvalue weighted by Crippen LogP contribution is -2.51. The van der Waals surface area contributed by atoms with E-state index < -0.39 is 6.10 Å². The molecule has 3 amide bonds. The molecule has 3 fully saturated rings. The van der Waals surface area contributed by atoms with E-state index in [0.29, 0.717) is 26.1 Å². The van der Waals surface area contributed by atoms with Gasteiger partial charge in [-0.2, -0.15) is 0 Å². The molecule has 0 saturated carbocycles. The van der Waals surface area contributed by atoms with E-state index in [1.54, 1.807) is 0 Å². The number of hydrogen-bond donors (Lipinski definition) is 3. The van der Waals surface area contributed by atoms with Crippen molar-refractivity contribution in [3.05, 3.63) is 0 Å². The number of carbonyl (C=O) groups excluding carboxylic acids is 2. The van der Waals surface area contributed by atoms with Crippen molar-refractivity contribution >= 4 is 11.9 Å². The maximum Gasteiger partial charge on any atom is 0.317 e. The van der Waals surface area contributed by atoms with Gasteiger partial charge in [-0.05, 0) is 19.3 Å². The van der Waals surface area contributed by atoms with Crippen molar-refractivity contribution in [1.82, 2.24) is 20.4 Å². The molecule has 0 spiro atoms. The van der Waals surface area contributed by atoms with E-state index in [4.69, 9.17) is 0 Å². The Bertz CT molecular complexity index is 395. The molecule has 20 heavy (non-hydrogen) atoms. The molecule has 3 aliphatic rings. The highest BCUT2D eigenvalue weighted by molar-refractivity contribution is 5.82. The summed E-state index contributed by atoms with van der Waals surface area (Å²) < 4.78 is 0. The Kier molecular flexibility index (Phi) is 3.80. The highest BCUT2D eigenvalue weighted by Gasteiger charge is 2.35. The van der Waals surface area contributed by atoms with Gasteiger partial charge in [-0.15, -0.1) is 0 Å². The van der Waals surface area contributed by atoms with E-state index in [1.807, 2.05) is 9.80 Å². The summed E-state index contributed by atoms with van der Waals surface area (Å²) in [5, 5.41) is 15.4. The molecule has 7 heteroatoms. The van der Waals surface area contributed by atoms with E-state index in [1.165, 1.54) is 0 Å². The van der Waals surface area contributed by atoms with Gasteiger partial charge in [0.25, 0.3) is 0 Å². The molecule has 0 radical (unpaired) electrons. The lowest BCUT2D eigenvalue weighted by molar-refractivity contribution is -0.134. The summed E-state index contributed by atoms with van der Waals surface area (Å²) in [4.78, 5) is 27.7. The van der Waals surface area contributed by atoms with Gasteiger partial charge in [0.15, 0.2) is 0 Å². The number of β-amino-alcohol motifs (C(OH)–C–C–N with tert-alkyl or cyclic N) is 1. The maximum absolute atomic E-state index is 12.3. The Hall–Kier alpha value is -1.34. The minimum atomic E-state index is -0.408. The number of urea groups is 1. The summed E-state index contributed by atoms with van der Waals surface area (Å²) in [6.07, 6.45) is 1.78. The molecular formula is C13H22N4O3. The number of nitrogens with zero attached hydrogens (tertiary/aromatic N) is 2. The molecule has 112 valence electrons. The fraction of sp³-hybridized carbons (Fsp3) is 0.846. The zero-order chi connectivity index (χ0) is 14.1. The third-order valence-corrected chi connectivity index (χ3v) is 4.51. The molecule has 3 rings (SSSR count). The number of aliphatic hydroxyl groups is 1. The van der Waals surface area contributed by atoms with Crippen LogP contribution in [0, 0.1) is 0 Å². The second-order valence-corrected chi connectivity index (χ2v) is 5.83. The van der Waals surface area contributed by atoms with Crippen molar-refractivity contribution in [3.63, 3.8) is 0 Å². The number of likely N-dealkylation sites (tertiary alicyclic amines) is 1. The van der Waals surface area contributed by atoms with Crippen LogP contribution in [-0.4, -0.2) is 77.8 Å². The lowest BCUT2D eigenvalue weighted by atomic mass is 10.0. The van der Waals surface area contributed by atoms with Gasteiger partial charge >= 0.3 is 6.03 Å². The Morgan fingerprint density at radius 2 is 2.00 bits per heavy atom. The first-order chi connectivity index (χ1) is 9.65. The molecular weight excluding hydrogens is 260 g/mol. The van der Waals surface area contributed by atoms with E-state index in [9.17, 15) is 14.7 Å². The van der Waals surface area contributed by atoms with Crippen LogP contribution in [0.1, 0.15) is 19.3 Å². The predicted octanol–water partition coefficient (Wildman–Crippen LogP) is -1.27. The van der Waals surface area contributed by atoms with Gasteiger partial charge in [-0.3, -0.25) is 4.79 Å². The van der Waals surface area contributed by atoms with Gasteiger partial charge in [0, 0.05) is 38.8 Å². The predicted molar refractivity (Wildman–Crippen MR) is 72.1 cm³/mol. The Morgan fingerprint density at radius 3 is 2.55 bits per heavy atom. The third kappa shape index (κ3) is 2.60. The minimum Gasteiger partial charge on any atom is -0.392 e. The van der Waals surface area contributed by atoms with Crippen LogP contribution in [0.2, 0.25) is 0 Å². The Labute approximate surface area is 118 Å². The first kappa shape index (κ1) is 13.6. The number of rotatable bonds is 2. The van der Waals surface area contributed by atoms with Gasteiger partial charge in [0.2, 0.25) is 5.91 Å². The second-order valence-electron chi connectivity index (χ2n) is 5.83. The fourth-order valence-electron chi connectivity index (χ4n) is 3.36. The second kappa shape index (κ2) is 5.57. The zero-order valence-electron chi connectivity index (χ0n) is 11.5. The van der Waals surface area contributed by atoms with Crippen molar-refractivity contribution in [2.75, 3.05) is 32.7 Å². The maximum atomic E-state index is 12.3. The molecule has 3 saturated heterocycles. The molecule has 0 bridgehead atoms. The van der Waals surface area contributed by atoms with Crippen molar-refractivity contribution < 1.29 is 14.7 Å². The van der Waals surface area contributed by atoms with Gasteiger partial charge in [0.1, 0.15) is 0 Å². The molecule has 2 unspecified atom stereocenters. The minimum absolute atomic E-state index is 0.0235. The van der Waals surface area contributed by atoms with E-state index in [-0.39, 0.29) is 24.0 Å². The average Bonchev–Trinajstić information content (AvgIpc) is 3.07. The first-order valence-corrected chi connectivity index (χ1v) is 7.40. The average molecular weight is 282 g/mol. The van der Waals surface area contributed by atoms with E-state index >= 15 is 0 Å². The highest BCUT2D eigenvalue weighted by atomic mass is 16.3. The largest absolute Gasteiger partial charge is 0.392 e. The van der Waals surface area contributed by atoms with Crippen LogP contribution in [0.4, 0.5) is 4.79 Å². The van der Waals surface area contributed by atoms with Crippen LogP contribution in [0.3, 0.4) is 0 Å². The normalized spacial score (nSPS) is 31.8. The zero-order valence-corrected chi connectivity index (χ0v) is 11.5. The van der Waals surface area contributed by atoms with Gasteiger partial charge in [0.05, 0.1) is 12.1 Å². The molecule has 3 heterocycles. The molecule has 0 aromatic rings. The molecule has 3 N–H and O–H groups in total. The SMILES string of the molecule is O=C(C1CC(O)CN1)N1CCC(N2CCNC2=O)CC1. The molecule has 3 aliphatic heterocycles. The van der Waals surface area contributed by atoms with Crippen LogP contribution >= 0.6 is 0 Å². The smallest absolute Gasteiger partial charge is 0.317 e. The highest BCUT2D eigenvalue weighted by Crippen LogP contribution is 2.20. The van der Waals surface area contributed by atoms with Gasteiger partial charge in [-0.1, -0.05) is 0 Å². The van der Waals surface area contributed by atoms with E-state index in [0.717, 1.165) is 25.9 Å². The Morgan fingerprint density at radius 1 is 1.25 bits per heavy atom. The summed E-state index contributed by atoms with van der Waals surface area (Å²) in [6, 6.07) is 0.0377. The summed E-state index contributed by atoms with van der Waals surface area (Å²) in [5.41, 5.74) is 0. The monoisotopic (exact) mass is 282 g/mol. The molecule has 0 aromatic carbocycles. The quantitative estimate of drug-likeness (QED) is 0.589. The number of aliphatic hydroxyl groups excluding tert-OH is 1. The van der Waals surface area contributed by atoms with Crippen molar-refractivity contribution in [1.29, 1.82) is 0 Å². The van der Waals surface area contributed by atoms with Crippen molar-refractivity contribution in [3.8, 4) is 0 Å². The van der Waals surface area contributed by atoms with Crippen LogP contribution in [0.5, 0.6) is 0 Å². The summed E-state index contributed by atoms with van der Waals surface area (Å²) in [7, 11) is 0. The van der Waals surface area contributed by atoms with Crippen LogP contribution in [-0.2, 0) is 4.79 Å². The first-order valence-electron chi connectivity index (χ1n) is 7.40. The van der Waals surface area contributed by atoms with Crippen molar-refractivity contribution in [2.45, 2.75) is 37.5 Å². The lowest BCUT2D eigenvalue weighted by Gasteiger charge is -2.37. The van der Waals surface area contributed by atoms with Crippen LogP contribution in [0.15, 0.2) is 0 Å². The standard InChI is InChI=1S/C13H22N4O3/c18-10-7-11(15-8-10)12(19)16-4-1-9(2-5-16)17-6-3-14-13(17)20/h9-11,15,18H,1-8H2,(H,14,20). The van der Waals surface area contributed by atoms with Crippen LogP contribution < -0.4 is 10.6 Å². The molecule has 0 aromatic heterocycles. The summed E-state index contributed by atoms with van der Waals surface area (Å²) in [6.45, 7) is 3.39. The summed E-state index contributed by atoms with van der Waals surface area (Å²) >= 11 is 0. The van der Waals surface area contributed by atoms with Gasteiger partial charge in [-0.25, -0.2) is 4.79 Å². The number of carbonyl (C=O) groups is 2. The number of hydrogen-bond acceptors (Lipinski definition) is 4. The van der Waals surface area contributed by atoms with E-state index in [2.05, 4.69) is 10.6 Å². The number of amides is 3. The summed E-state index contributed by atoms with van der Waals surface area (Å²) in [5.74, 6) is 0.0888.